The molecule has 0 aliphatic carbocycles. The minimum Gasteiger partial charge on any atom is -0.490 e. The van der Waals surface area contributed by atoms with Crippen molar-refractivity contribution in [3.63, 3.8) is 0 Å². The highest BCUT2D eigenvalue weighted by Crippen LogP contribution is 2.30. The topological polar surface area (TPSA) is 89.0 Å². The highest BCUT2D eigenvalue weighted by Gasteiger charge is 2.09. The normalized spacial score (nSPS) is 10.7. The Bertz CT molecular complexity index is 1200. The Morgan fingerprint density at radius 2 is 1.74 bits per heavy atom. The van der Waals surface area contributed by atoms with Crippen LogP contribution < -0.4 is 20.2 Å². The first-order valence-corrected chi connectivity index (χ1v) is 11.2. The van der Waals surface area contributed by atoms with Crippen LogP contribution in [0, 0.1) is 0 Å². The fraction of sp³-hybridized carbons (Fsp3) is 0.160. The number of anilines is 1. The van der Waals surface area contributed by atoms with Crippen LogP contribution in [0.1, 0.15) is 35.3 Å². The average Bonchev–Trinajstić information content (AvgIpc) is 2.80. The molecule has 176 valence electrons. The maximum absolute atomic E-state index is 12.3. The van der Waals surface area contributed by atoms with E-state index in [1.165, 1.54) is 13.1 Å². The lowest BCUT2D eigenvalue weighted by molar-refractivity contribution is -0.114. The summed E-state index contributed by atoms with van der Waals surface area (Å²) in [5, 5.41) is 7.74. The Hall–Kier alpha value is -3.55. The van der Waals surface area contributed by atoms with Crippen molar-refractivity contribution in [3.8, 4) is 11.5 Å². The van der Waals surface area contributed by atoms with Gasteiger partial charge in [-0.3, -0.25) is 9.59 Å². The highest BCUT2D eigenvalue weighted by molar-refractivity contribution is 6.35. The number of nitrogens with zero attached hydrogens (tertiary/aromatic N) is 1. The van der Waals surface area contributed by atoms with E-state index in [1.807, 2.05) is 13.0 Å². The number of nitrogens with one attached hydrogen (secondary N) is 2. The van der Waals surface area contributed by atoms with E-state index in [-0.39, 0.29) is 18.4 Å². The zero-order chi connectivity index (χ0) is 24.5. The van der Waals surface area contributed by atoms with Crippen molar-refractivity contribution in [1.82, 2.24) is 5.43 Å². The first-order chi connectivity index (χ1) is 16.4. The van der Waals surface area contributed by atoms with Gasteiger partial charge in [-0.1, -0.05) is 29.3 Å². The average molecular weight is 500 g/mol. The number of hydrogen-bond donors (Lipinski definition) is 2. The van der Waals surface area contributed by atoms with Gasteiger partial charge >= 0.3 is 0 Å². The molecule has 3 rings (SSSR count). The zero-order valence-corrected chi connectivity index (χ0v) is 20.1. The van der Waals surface area contributed by atoms with Crippen molar-refractivity contribution in [1.29, 1.82) is 0 Å². The van der Waals surface area contributed by atoms with Crippen molar-refractivity contribution in [2.45, 2.75) is 20.5 Å². The summed E-state index contributed by atoms with van der Waals surface area (Å²) in [4.78, 5) is 23.4. The quantitative estimate of drug-likeness (QED) is 0.292. The molecular weight excluding hydrogens is 477 g/mol. The Kier molecular flexibility index (Phi) is 8.90. The minimum atomic E-state index is -0.379. The summed E-state index contributed by atoms with van der Waals surface area (Å²) in [7, 11) is 0. The molecule has 0 fully saturated rings. The van der Waals surface area contributed by atoms with Gasteiger partial charge in [-0.05, 0) is 67.1 Å². The molecular formula is C25H23Cl2N3O4. The molecule has 3 aromatic rings. The minimum absolute atomic E-state index is 0.182. The van der Waals surface area contributed by atoms with Gasteiger partial charge in [0.25, 0.3) is 5.91 Å². The summed E-state index contributed by atoms with van der Waals surface area (Å²) in [6.45, 7) is 3.99. The van der Waals surface area contributed by atoms with E-state index in [4.69, 9.17) is 32.7 Å². The molecule has 3 aromatic carbocycles. The van der Waals surface area contributed by atoms with Gasteiger partial charge in [0.05, 0.1) is 12.8 Å². The monoisotopic (exact) mass is 499 g/mol. The molecule has 0 aromatic heterocycles. The number of hydrazone groups is 1. The summed E-state index contributed by atoms with van der Waals surface area (Å²) in [5.74, 6) is 0.526. The number of ether oxygens (including phenoxy) is 2. The third-order valence-corrected chi connectivity index (χ3v) is 5.10. The van der Waals surface area contributed by atoms with E-state index in [2.05, 4.69) is 15.8 Å². The molecule has 0 aliphatic heterocycles. The summed E-state index contributed by atoms with van der Waals surface area (Å²) in [5.41, 5.74) is 5.00. The van der Waals surface area contributed by atoms with Crippen LogP contribution in [0.2, 0.25) is 10.0 Å². The van der Waals surface area contributed by atoms with Gasteiger partial charge in [0.15, 0.2) is 11.5 Å². The van der Waals surface area contributed by atoms with Crippen molar-refractivity contribution < 1.29 is 19.1 Å². The summed E-state index contributed by atoms with van der Waals surface area (Å²) in [6, 6.07) is 17.0. The van der Waals surface area contributed by atoms with Crippen LogP contribution in [0.5, 0.6) is 11.5 Å². The van der Waals surface area contributed by atoms with Crippen LogP contribution in [0.3, 0.4) is 0 Å². The number of carbonyl (C=O) groups is 2. The zero-order valence-electron chi connectivity index (χ0n) is 18.6. The second-order valence-corrected chi connectivity index (χ2v) is 7.96. The molecule has 2 N–H and O–H groups in total. The molecule has 7 nitrogen and oxygen atoms in total. The van der Waals surface area contributed by atoms with Crippen LogP contribution in [0.25, 0.3) is 0 Å². The third-order valence-electron chi connectivity index (χ3n) is 4.51. The summed E-state index contributed by atoms with van der Waals surface area (Å²) >= 11 is 12.2. The first-order valence-electron chi connectivity index (χ1n) is 10.4. The van der Waals surface area contributed by atoms with E-state index in [0.29, 0.717) is 45.0 Å². The molecule has 9 heteroatoms. The van der Waals surface area contributed by atoms with Crippen molar-refractivity contribution in [3.05, 3.63) is 87.4 Å². The van der Waals surface area contributed by atoms with Gasteiger partial charge < -0.3 is 14.8 Å². The molecule has 0 bridgehead atoms. The fourth-order valence-corrected chi connectivity index (χ4v) is 3.39. The highest BCUT2D eigenvalue weighted by atomic mass is 35.5. The number of amides is 2. The molecule has 34 heavy (non-hydrogen) atoms. The number of benzene rings is 3. The number of rotatable bonds is 9. The smallest absolute Gasteiger partial charge is 0.271 e. The molecule has 0 atom stereocenters. The van der Waals surface area contributed by atoms with E-state index < -0.39 is 0 Å². The largest absolute Gasteiger partial charge is 0.490 e. The van der Waals surface area contributed by atoms with Crippen molar-refractivity contribution >= 4 is 46.9 Å². The van der Waals surface area contributed by atoms with Crippen LogP contribution in [-0.4, -0.2) is 24.6 Å². The van der Waals surface area contributed by atoms with Gasteiger partial charge in [-0.2, -0.15) is 5.10 Å². The van der Waals surface area contributed by atoms with E-state index >= 15 is 0 Å². The molecule has 0 spiro atoms. The van der Waals surface area contributed by atoms with Crippen LogP contribution >= 0.6 is 23.2 Å². The van der Waals surface area contributed by atoms with Gasteiger partial charge in [-0.25, -0.2) is 5.43 Å². The predicted molar refractivity (Wildman–Crippen MR) is 134 cm³/mol. The second-order valence-electron chi connectivity index (χ2n) is 7.12. The van der Waals surface area contributed by atoms with E-state index in [0.717, 1.165) is 5.56 Å². The maximum Gasteiger partial charge on any atom is 0.271 e. The molecule has 0 unspecified atom stereocenters. The predicted octanol–water partition coefficient (Wildman–Crippen LogP) is 5.69. The van der Waals surface area contributed by atoms with Crippen LogP contribution in [0.15, 0.2) is 65.8 Å². The number of halogens is 2. The molecule has 0 saturated carbocycles. The maximum atomic E-state index is 12.3. The molecule has 2 amide bonds. The molecule has 0 saturated heterocycles. The lowest BCUT2D eigenvalue weighted by Crippen LogP contribution is -2.17. The number of carbonyl (C=O) groups excluding carboxylic acids is 2. The van der Waals surface area contributed by atoms with Crippen molar-refractivity contribution in [2.75, 3.05) is 11.9 Å². The third kappa shape index (κ3) is 7.23. The first kappa shape index (κ1) is 25.1. The fourth-order valence-electron chi connectivity index (χ4n) is 2.92. The van der Waals surface area contributed by atoms with Crippen LogP contribution in [-0.2, 0) is 11.4 Å². The van der Waals surface area contributed by atoms with E-state index in [1.54, 1.807) is 54.6 Å². The Labute approximate surface area is 207 Å². The molecule has 0 radical (unpaired) electrons. The molecule has 0 heterocycles. The van der Waals surface area contributed by atoms with E-state index in [9.17, 15) is 9.59 Å². The Morgan fingerprint density at radius 1 is 0.971 bits per heavy atom. The van der Waals surface area contributed by atoms with Crippen molar-refractivity contribution in [2.24, 2.45) is 5.10 Å². The number of hydrogen-bond acceptors (Lipinski definition) is 5. The standard InChI is InChI=1S/C25H23Cl2N3O4/c1-3-33-24-12-17(4-11-23(24)34-15-19-5-8-20(26)13-22(19)27)14-28-30-25(32)18-6-9-21(10-7-18)29-16(2)31/h4-14H,3,15H2,1-2H3,(H,29,31)(H,30,32)/b28-14-. The van der Waals surface area contributed by atoms with Gasteiger partial charge in [0, 0.05) is 33.8 Å². The Morgan fingerprint density at radius 3 is 2.41 bits per heavy atom. The van der Waals surface area contributed by atoms with Gasteiger partial charge in [-0.15, -0.1) is 0 Å². The lowest BCUT2D eigenvalue weighted by atomic mass is 10.2. The Balaban J connectivity index is 1.63. The summed E-state index contributed by atoms with van der Waals surface area (Å²) in [6.07, 6.45) is 1.51. The van der Waals surface area contributed by atoms with Gasteiger partial charge in [0.2, 0.25) is 5.91 Å². The summed E-state index contributed by atoms with van der Waals surface area (Å²) < 4.78 is 11.6. The van der Waals surface area contributed by atoms with Crippen LogP contribution in [0.4, 0.5) is 5.69 Å². The second kappa shape index (κ2) is 12.1. The lowest BCUT2D eigenvalue weighted by Gasteiger charge is -2.13. The molecule has 0 aliphatic rings. The van der Waals surface area contributed by atoms with Gasteiger partial charge in [0.1, 0.15) is 6.61 Å². The SMILES string of the molecule is CCOc1cc(/C=N\NC(=O)c2ccc(NC(C)=O)cc2)ccc1OCc1ccc(Cl)cc1Cl.